The fraction of sp³-hybridized carbons (Fsp3) is 0.133. The van der Waals surface area contributed by atoms with Gasteiger partial charge in [-0.3, -0.25) is 0 Å². The Hall–Kier alpha value is -2.09. The summed E-state index contributed by atoms with van der Waals surface area (Å²) < 4.78 is 4.31. The van der Waals surface area contributed by atoms with Gasteiger partial charge >= 0.3 is 0 Å². The number of fused-ring (bicyclic) bond motifs is 1. The molecule has 0 fully saturated rings. The molecule has 0 aliphatic heterocycles. The maximum absolute atomic E-state index is 2.18. The molecule has 0 bridgehead atoms. The molecule has 0 aliphatic carbocycles. The van der Waals surface area contributed by atoms with Crippen LogP contribution in [0.4, 0.5) is 0 Å². The fourth-order valence-electron chi connectivity index (χ4n) is 2.34. The molecule has 2 nitrogen and oxygen atoms in total. The van der Waals surface area contributed by atoms with Gasteiger partial charge < -0.3 is 4.40 Å². The van der Waals surface area contributed by atoms with E-state index in [0.717, 1.165) is 0 Å². The van der Waals surface area contributed by atoms with Gasteiger partial charge in [-0.1, -0.05) is 0 Å². The Morgan fingerprint density at radius 3 is 2.71 bits per heavy atom. The first-order valence-corrected chi connectivity index (χ1v) is 5.79. The minimum Gasteiger partial charge on any atom is -0.324 e. The summed E-state index contributed by atoms with van der Waals surface area (Å²) in [5.41, 5.74) is 5.12. The molecular weight excluding hydrogens is 208 g/mol. The number of hydrogen-bond donors (Lipinski definition) is 0. The van der Waals surface area contributed by atoms with E-state index in [1.165, 1.54) is 22.3 Å². The molecule has 3 aromatic heterocycles. The summed E-state index contributed by atoms with van der Waals surface area (Å²) in [4.78, 5) is 0. The van der Waals surface area contributed by atoms with E-state index >= 15 is 0 Å². The molecule has 0 radical (unpaired) electrons. The Labute approximate surface area is 101 Å². The highest BCUT2D eigenvalue weighted by Crippen LogP contribution is 2.23. The number of rotatable bonds is 1. The highest BCUT2D eigenvalue weighted by Gasteiger charge is 2.12. The number of pyridine rings is 2. The van der Waals surface area contributed by atoms with Gasteiger partial charge in [0.05, 0.1) is 5.56 Å². The fourth-order valence-corrected chi connectivity index (χ4v) is 2.34. The average molecular weight is 223 g/mol. The van der Waals surface area contributed by atoms with Crippen molar-refractivity contribution in [3.63, 3.8) is 0 Å². The highest BCUT2D eigenvalue weighted by molar-refractivity contribution is 5.71. The van der Waals surface area contributed by atoms with Crippen LogP contribution in [0, 0.1) is 6.92 Å². The molecule has 0 amide bonds. The number of aromatic nitrogens is 2. The molecule has 0 saturated heterocycles. The van der Waals surface area contributed by atoms with Crippen LogP contribution in [-0.2, 0) is 7.05 Å². The second kappa shape index (κ2) is 3.74. The summed E-state index contributed by atoms with van der Waals surface area (Å²) in [6, 6.07) is 12.7. The van der Waals surface area contributed by atoms with Crippen LogP contribution in [0.1, 0.15) is 5.56 Å². The van der Waals surface area contributed by atoms with Crippen molar-refractivity contribution in [1.82, 2.24) is 4.40 Å². The zero-order valence-corrected chi connectivity index (χ0v) is 10.1. The summed E-state index contributed by atoms with van der Waals surface area (Å²) in [6.07, 6.45) is 6.28. The van der Waals surface area contributed by atoms with Crippen LogP contribution in [0.25, 0.3) is 16.8 Å². The Balaban J connectivity index is 2.31. The van der Waals surface area contributed by atoms with E-state index in [-0.39, 0.29) is 0 Å². The lowest BCUT2D eigenvalue weighted by Gasteiger charge is -2.06. The van der Waals surface area contributed by atoms with Crippen LogP contribution in [-0.4, -0.2) is 4.40 Å². The van der Waals surface area contributed by atoms with Crippen molar-refractivity contribution in [3.05, 3.63) is 60.6 Å². The largest absolute Gasteiger partial charge is 0.324 e. The SMILES string of the molecule is Cc1c(-c2cccc[n+]2C)ccn2cccc12. The zero-order chi connectivity index (χ0) is 11.8. The molecule has 17 heavy (non-hydrogen) atoms. The third-order valence-electron chi connectivity index (χ3n) is 3.30. The Kier molecular flexibility index (Phi) is 2.22. The topological polar surface area (TPSA) is 8.29 Å². The molecule has 0 saturated carbocycles. The smallest absolute Gasteiger partial charge is 0.212 e. The molecule has 3 rings (SSSR count). The van der Waals surface area contributed by atoms with Crippen molar-refractivity contribution in [2.24, 2.45) is 7.05 Å². The van der Waals surface area contributed by atoms with Gasteiger partial charge in [-0.05, 0) is 36.8 Å². The van der Waals surface area contributed by atoms with E-state index < -0.39 is 0 Å². The quantitative estimate of drug-likeness (QED) is 0.561. The summed E-state index contributed by atoms with van der Waals surface area (Å²) in [6.45, 7) is 2.18. The first-order valence-electron chi connectivity index (χ1n) is 5.79. The van der Waals surface area contributed by atoms with Crippen LogP contribution in [0.3, 0.4) is 0 Å². The van der Waals surface area contributed by atoms with Gasteiger partial charge in [-0.15, -0.1) is 0 Å². The van der Waals surface area contributed by atoms with Gasteiger partial charge in [0.15, 0.2) is 6.20 Å². The van der Waals surface area contributed by atoms with Crippen LogP contribution < -0.4 is 4.57 Å². The van der Waals surface area contributed by atoms with E-state index in [1.807, 2.05) is 0 Å². The van der Waals surface area contributed by atoms with Gasteiger partial charge in [0.1, 0.15) is 7.05 Å². The Morgan fingerprint density at radius 2 is 1.88 bits per heavy atom. The lowest BCUT2D eigenvalue weighted by atomic mass is 10.1. The van der Waals surface area contributed by atoms with Crippen LogP contribution >= 0.6 is 0 Å². The summed E-state index contributed by atoms with van der Waals surface area (Å²) in [5, 5.41) is 0. The molecule has 0 atom stereocenters. The van der Waals surface area contributed by atoms with Gasteiger partial charge in [-0.2, -0.15) is 0 Å². The minimum absolute atomic E-state index is 1.24. The third-order valence-corrected chi connectivity index (χ3v) is 3.30. The van der Waals surface area contributed by atoms with Gasteiger partial charge in [0.25, 0.3) is 0 Å². The molecule has 3 heterocycles. The second-order valence-electron chi connectivity index (χ2n) is 4.35. The summed E-state index contributed by atoms with van der Waals surface area (Å²) in [5.74, 6) is 0. The van der Waals surface area contributed by atoms with Crippen LogP contribution in [0.5, 0.6) is 0 Å². The van der Waals surface area contributed by atoms with Gasteiger partial charge in [-0.25, -0.2) is 4.57 Å². The lowest BCUT2D eigenvalue weighted by molar-refractivity contribution is -0.660. The average Bonchev–Trinajstić information content (AvgIpc) is 2.80. The van der Waals surface area contributed by atoms with Crippen molar-refractivity contribution in [2.75, 3.05) is 0 Å². The van der Waals surface area contributed by atoms with Gasteiger partial charge in [0.2, 0.25) is 5.69 Å². The van der Waals surface area contributed by atoms with Crippen molar-refractivity contribution >= 4 is 5.52 Å². The van der Waals surface area contributed by atoms with Crippen LogP contribution in [0.15, 0.2) is 55.0 Å². The molecule has 0 N–H and O–H groups in total. The van der Waals surface area contributed by atoms with Crippen molar-refractivity contribution < 1.29 is 4.57 Å². The molecular formula is C15H15N2+. The standard InChI is InChI=1S/C15H15N2/c1-12-13(15-6-3-4-9-16(15)2)8-11-17-10-5-7-14(12)17/h3-11H,1-2H3/q+1. The molecule has 2 heteroatoms. The van der Waals surface area contributed by atoms with E-state index in [9.17, 15) is 0 Å². The maximum Gasteiger partial charge on any atom is 0.212 e. The molecule has 0 unspecified atom stereocenters. The normalized spacial score (nSPS) is 10.9. The van der Waals surface area contributed by atoms with Gasteiger partial charge in [0, 0.05) is 30.0 Å². The van der Waals surface area contributed by atoms with E-state index in [4.69, 9.17) is 0 Å². The number of hydrogen-bond acceptors (Lipinski definition) is 0. The lowest BCUT2D eigenvalue weighted by Crippen LogP contribution is -2.30. The minimum atomic E-state index is 1.24. The summed E-state index contributed by atoms with van der Waals surface area (Å²) in [7, 11) is 2.08. The second-order valence-corrected chi connectivity index (χ2v) is 4.35. The number of nitrogens with zero attached hydrogens (tertiary/aromatic N) is 2. The Morgan fingerprint density at radius 1 is 1.00 bits per heavy atom. The van der Waals surface area contributed by atoms with E-state index in [1.54, 1.807) is 0 Å². The molecule has 0 spiro atoms. The van der Waals surface area contributed by atoms with Crippen molar-refractivity contribution in [1.29, 1.82) is 0 Å². The first kappa shape index (κ1) is 10.1. The Bertz CT molecular complexity index is 680. The molecule has 84 valence electrons. The van der Waals surface area contributed by atoms with Crippen molar-refractivity contribution in [2.45, 2.75) is 6.92 Å². The van der Waals surface area contributed by atoms with Crippen LogP contribution in [0.2, 0.25) is 0 Å². The highest BCUT2D eigenvalue weighted by atomic mass is 14.9. The number of aryl methyl sites for hydroxylation is 2. The van der Waals surface area contributed by atoms with Crippen molar-refractivity contribution in [3.8, 4) is 11.3 Å². The maximum atomic E-state index is 2.18. The molecule has 0 aliphatic rings. The third kappa shape index (κ3) is 1.53. The monoisotopic (exact) mass is 223 g/mol. The molecule has 3 aromatic rings. The predicted molar refractivity (Wildman–Crippen MR) is 68.7 cm³/mol. The zero-order valence-electron chi connectivity index (χ0n) is 10.1. The predicted octanol–water partition coefficient (Wildman–Crippen LogP) is 2.74. The van der Waals surface area contributed by atoms with E-state index in [2.05, 4.69) is 77.9 Å². The van der Waals surface area contributed by atoms with E-state index in [0.29, 0.717) is 0 Å². The summed E-state index contributed by atoms with van der Waals surface area (Å²) >= 11 is 0. The molecule has 0 aromatic carbocycles. The first-order chi connectivity index (χ1) is 8.27.